The minimum absolute atomic E-state index is 0.00947. The number of ether oxygens (including phenoxy) is 1. The van der Waals surface area contributed by atoms with Gasteiger partial charge in [0.15, 0.2) is 6.61 Å². The molecule has 5 N–H and O–H groups in total. The molecule has 1 aliphatic rings. The molecule has 0 radical (unpaired) electrons. The molecule has 1 heterocycles. The molecule has 47 heavy (non-hydrogen) atoms. The first-order valence-electron chi connectivity index (χ1n) is 14.8. The number of carbonyl (C=O) groups is 3. The summed E-state index contributed by atoms with van der Waals surface area (Å²) in [7, 11) is 0. The van der Waals surface area contributed by atoms with Gasteiger partial charge in [0, 0.05) is 29.4 Å². The highest BCUT2D eigenvalue weighted by atomic mass is 35.5. The molecule has 1 fully saturated rings. The number of nitrogens with one attached hydrogen (secondary N) is 5. The van der Waals surface area contributed by atoms with E-state index < -0.39 is 47.6 Å². The second kappa shape index (κ2) is 14.4. The van der Waals surface area contributed by atoms with Crippen LogP contribution in [0.2, 0.25) is 5.02 Å². The average molecular weight is 677 g/mol. The monoisotopic (exact) mass is 676 g/mol. The van der Waals surface area contributed by atoms with E-state index in [1.165, 1.54) is 12.1 Å². The van der Waals surface area contributed by atoms with Crippen LogP contribution in [0.1, 0.15) is 56.5 Å². The van der Waals surface area contributed by atoms with Crippen molar-refractivity contribution in [3.63, 3.8) is 0 Å². The lowest BCUT2D eigenvalue weighted by Gasteiger charge is -2.26. The molecule has 252 valence electrons. The molecular formula is C31H36ClF3N8O4. The van der Waals surface area contributed by atoms with Gasteiger partial charge in [-0.25, -0.2) is 0 Å². The molecule has 3 aromatic rings. The van der Waals surface area contributed by atoms with Crippen molar-refractivity contribution in [3.8, 4) is 6.01 Å². The fraction of sp³-hybridized carbons (Fsp3) is 0.419. The Kier molecular flexibility index (Phi) is 10.8. The zero-order chi connectivity index (χ0) is 34.4. The van der Waals surface area contributed by atoms with E-state index in [2.05, 4.69) is 41.5 Å². The van der Waals surface area contributed by atoms with E-state index in [0.29, 0.717) is 17.3 Å². The van der Waals surface area contributed by atoms with E-state index in [4.69, 9.17) is 16.3 Å². The maximum absolute atomic E-state index is 12.9. The van der Waals surface area contributed by atoms with Crippen molar-refractivity contribution in [2.45, 2.75) is 57.8 Å². The van der Waals surface area contributed by atoms with Crippen LogP contribution in [0.4, 0.5) is 30.8 Å². The minimum atomic E-state index is -4.60. The number of hydrogen-bond donors (Lipinski definition) is 5. The summed E-state index contributed by atoms with van der Waals surface area (Å²) >= 11 is 6.02. The maximum Gasteiger partial charge on any atom is 0.422 e. The molecule has 1 aromatic heterocycles. The van der Waals surface area contributed by atoms with Crippen molar-refractivity contribution in [1.29, 1.82) is 0 Å². The van der Waals surface area contributed by atoms with E-state index in [1.807, 2.05) is 26.0 Å². The number of aromatic nitrogens is 3. The molecule has 1 saturated carbocycles. The molecule has 0 bridgehead atoms. The van der Waals surface area contributed by atoms with Gasteiger partial charge in [0.05, 0.1) is 11.1 Å². The molecule has 0 aliphatic heterocycles. The summed E-state index contributed by atoms with van der Waals surface area (Å²) in [5.41, 5.74) is 0.197. The van der Waals surface area contributed by atoms with Gasteiger partial charge >= 0.3 is 24.0 Å². The lowest BCUT2D eigenvalue weighted by molar-refractivity contribution is -0.154. The number of rotatable bonds is 13. The van der Waals surface area contributed by atoms with E-state index >= 15 is 0 Å². The smallest absolute Gasteiger partial charge is 0.422 e. The third kappa shape index (κ3) is 10.7. The number of nitrogens with zero attached hydrogens (tertiary/aromatic N) is 3. The first-order valence-corrected chi connectivity index (χ1v) is 15.2. The predicted molar refractivity (Wildman–Crippen MR) is 169 cm³/mol. The van der Waals surface area contributed by atoms with Crippen molar-refractivity contribution < 1.29 is 32.3 Å². The summed E-state index contributed by atoms with van der Waals surface area (Å²) in [5, 5.41) is 14.5. The van der Waals surface area contributed by atoms with Crippen molar-refractivity contribution in [2.24, 2.45) is 5.92 Å². The summed E-state index contributed by atoms with van der Waals surface area (Å²) in [6, 6.07) is 12.8. The van der Waals surface area contributed by atoms with Crippen LogP contribution in [0.25, 0.3) is 0 Å². The minimum Gasteiger partial charge on any atom is -0.454 e. The molecule has 1 aliphatic carbocycles. The van der Waals surface area contributed by atoms with Crippen LogP contribution in [-0.4, -0.2) is 64.1 Å². The van der Waals surface area contributed by atoms with Gasteiger partial charge in [-0.3, -0.25) is 14.4 Å². The Morgan fingerprint density at radius 3 is 2.15 bits per heavy atom. The number of anilines is 3. The lowest BCUT2D eigenvalue weighted by Crippen LogP contribution is -2.55. The normalized spacial score (nSPS) is 13.8. The van der Waals surface area contributed by atoms with Crippen molar-refractivity contribution >= 4 is 46.9 Å². The summed E-state index contributed by atoms with van der Waals surface area (Å²) < 4.78 is 43.5. The highest BCUT2D eigenvalue weighted by Crippen LogP contribution is 2.48. The largest absolute Gasteiger partial charge is 0.454 e. The van der Waals surface area contributed by atoms with Gasteiger partial charge < -0.3 is 31.3 Å². The topological polar surface area (TPSA) is 159 Å². The maximum atomic E-state index is 12.9. The fourth-order valence-corrected chi connectivity index (χ4v) is 4.42. The molecule has 12 nitrogen and oxygen atoms in total. The van der Waals surface area contributed by atoms with Crippen molar-refractivity contribution in [3.05, 3.63) is 64.7 Å². The number of carbonyl (C=O) groups excluding carboxylic acids is 3. The van der Waals surface area contributed by atoms with E-state index in [9.17, 15) is 27.6 Å². The first kappa shape index (κ1) is 35.2. The second-order valence-corrected chi connectivity index (χ2v) is 12.6. The first-order chi connectivity index (χ1) is 22.0. The molecule has 16 heteroatoms. The van der Waals surface area contributed by atoms with Crippen LogP contribution < -0.4 is 31.3 Å². The Morgan fingerprint density at radius 2 is 1.55 bits per heavy atom. The van der Waals surface area contributed by atoms with Gasteiger partial charge in [0.1, 0.15) is 0 Å². The SMILES string of the molecule is CC(C)CNC(=O)C(=O)NC(C)(C)CNC(=O)c1ccc(Nc2nc(NC3(c4ccc(Cl)cc4)CC3)nc(OCC(F)(F)F)n2)cc1. The third-order valence-corrected chi connectivity index (χ3v) is 7.15. The van der Waals surface area contributed by atoms with Crippen LogP contribution in [-0.2, 0) is 15.1 Å². The van der Waals surface area contributed by atoms with Crippen LogP contribution in [0.5, 0.6) is 6.01 Å². The van der Waals surface area contributed by atoms with Crippen LogP contribution in [0.3, 0.4) is 0 Å². The van der Waals surface area contributed by atoms with Gasteiger partial charge in [0.2, 0.25) is 11.9 Å². The van der Waals surface area contributed by atoms with E-state index in [-0.39, 0.29) is 29.9 Å². The molecule has 0 saturated heterocycles. The van der Waals surface area contributed by atoms with Crippen LogP contribution in [0, 0.1) is 5.92 Å². The Hall–Kier alpha value is -4.66. The third-order valence-electron chi connectivity index (χ3n) is 6.90. The Balaban J connectivity index is 1.41. The van der Waals surface area contributed by atoms with Gasteiger partial charge in [-0.05, 0) is 74.6 Å². The number of alkyl halides is 3. The average Bonchev–Trinajstić information content (AvgIpc) is 3.78. The Labute approximate surface area is 274 Å². The van der Waals surface area contributed by atoms with Gasteiger partial charge in [-0.1, -0.05) is 37.6 Å². The van der Waals surface area contributed by atoms with Crippen LogP contribution in [0.15, 0.2) is 48.5 Å². The summed E-state index contributed by atoms with van der Waals surface area (Å²) in [4.78, 5) is 49.4. The zero-order valence-corrected chi connectivity index (χ0v) is 27.0. The Bertz CT molecular complexity index is 1580. The lowest BCUT2D eigenvalue weighted by atomic mass is 10.1. The molecule has 2 aromatic carbocycles. The quantitative estimate of drug-likeness (QED) is 0.162. The molecule has 0 unspecified atom stereocenters. The molecule has 3 amide bonds. The van der Waals surface area contributed by atoms with Gasteiger partial charge in [-0.2, -0.15) is 28.1 Å². The highest BCUT2D eigenvalue weighted by molar-refractivity contribution is 6.35. The predicted octanol–water partition coefficient (Wildman–Crippen LogP) is 4.71. The summed E-state index contributed by atoms with van der Waals surface area (Å²) in [6.45, 7) is 5.95. The molecule has 0 atom stereocenters. The van der Waals surface area contributed by atoms with Gasteiger partial charge in [-0.15, -0.1) is 0 Å². The number of hydrogen-bond acceptors (Lipinski definition) is 9. The molecule has 4 rings (SSSR count). The van der Waals surface area contributed by atoms with Gasteiger partial charge in [0.25, 0.3) is 5.91 Å². The van der Waals surface area contributed by atoms with E-state index in [0.717, 1.165) is 18.4 Å². The summed E-state index contributed by atoms with van der Waals surface area (Å²) in [6.07, 6.45) is -3.13. The number of amides is 3. The fourth-order valence-electron chi connectivity index (χ4n) is 4.30. The van der Waals surface area contributed by atoms with Crippen LogP contribution >= 0.6 is 11.6 Å². The second-order valence-electron chi connectivity index (χ2n) is 12.2. The Morgan fingerprint density at radius 1 is 0.915 bits per heavy atom. The van der Waals surface area contributed by atoms with Crippen molar-refractivity contribution in [2.75, 3.05) is 30.3 Å². The number of benzene rings is 2. The molecule has 0 spiro atoms. The molecular weight excluding hydrogens is 641 g/mol. The standard InChI is InChI=1S/C31H36ClF3N8O4/c1-18(2)15-36-24(45)25(46)42-29(3,4)16-37-23(44)19-5-11-22(12-6-19)38-26-39-27(41-28(40-26)47-17-31(33,34)35)43-30(13-14-30)20-7-9-21(32)10-8-20/h5-12,18H,13-17H2,1-4H3,(H,36,45)(H,37,44)(H,42,46)(H2,38,39,40,41,43). The summed E-state index contributed by atoms with van der Waals surface area (Å²) in [5.74, 6) is -1.89. The van der Waals surface area contributed by atoms with E-state index in [1.54, 1.807) is 38.1 Å². The zero-order valence-electron chi connectivity index (χ0n) is 26.2. The highest BCUT2D eigenvalue weighted by Gasteiger charge is 2.45. The number of halogens is 4. The van der Waals surface area contributed by atoms with Crippen molar-refractivity contribution in [1.82, 2.24) is 30.9 Å².